The first kappa shape index (κ1) is 23.9. The van der Waals surface area contributed by atoms with Gasteiger partial charge in [0.2, 0.25) is 0 Å². The van der Waals surface area contributed by atoms with Crippen molar-refractivity contribution >= 4 is 17.6 Å². The van der Waals surface area contributed by atoms with E-state index in [0.717, 1.165) is 6.07 Å². The molecule has 0 amide bonds. The van der Waals surface area contributed by atoms with Crippen LogP contribution in [0.5, 0.6) is 0 Å². The molecule has 6 heteroatoms. The minimum atomic E-state index is -1.77. The first-order chi connectivity index (χ1) is 12.7. The Morgan fingerprint density at radius 3 is 1.68 bits per heavy atom. The molecular weight excluding hydrogens is 361 g/mol. The van der Waals surface area contributed by atoms with Gasteiger partial charge in [0, 0.05) is 0 Å². The number of rotatable bonds is 7. The molecule has 0 atom stereocenters. The number of carbonyl (C=O) groups is 2. The second-order valence-corrected chi connectivity index (χ2v) is 9.75. The number of carbonyl (C=O) groups excluding carboxylic acids is 2. The summed E-state index contributed by atoms with van der Waals surface area (Å²) in [7, 11) is 0. The minimum absolute atomic E-state index is 0.0306. The number of halogens is 1. The Bertz CT molecular complexity index is 669. The molecule has 0 saturated heterocycles. The van der Waals surface area contributed by atoms with Crippen LogP contribution in [0, 0.1) is 16.6 Å². The van der Waals surface area contributed by atoms with E-state index in [0.29, 0.717) is 12.8 Å². The lowest BCUT2D eigenvalue weighted by atomic mass is 9.82. The molecule has 1 rings (SSSR count). The number of benzene rings is 1. The van der Waals surface area contributed by atoms with E-state index in [-0.39, 0.29) is 35.3 Å². The van der Waals surface area contributed by atoms with E-state index >= 15 is 0 Å². The fourth-order valence-corrected chi connectivity index (χ4v) is 2.35. The monoisotopic (exact) mass is 395 g/mol. The van der Waals surface area contributed by atoms with Crippen molar-refractivity contribution in [3.63, 3.8) is 0 Å². The van der Waals surface area contributed by atoms with Crippen molar-refractivity contribution in [3.8, 4) is 0 Å². The number of ether oxygens (including phenoxy) is 2. The molecular formula is C22H34FNO4. The normalized spacial score (nSPS) is 12.6. The Hall–Kier alpha value is -2.11. The Morgan fingerprint density at radius 2 is 1.32 bits per heavy atom. The molecule has 28 heavy (non-hydrogen) atoms. The van der Waals surface area contributed by atoms with Gasteiger partial charge in [-0.15, -0.1) is 0 Å². The molecule has 0 unspecified atom stereocenters. The highest BCUT2D eigenvalue weighted by Crippen LogP contribution is 2.31. The van der Waals surface area contributed by atoms with Gasteiger partial charge in [-0.3, -0.25) is 9.59 Å². The molecule has 1 aromatic carbocycles. The van der Waals surface area contributed by atoms with E-state index in [1.807, 2.05) is 41.5 Å². The van der Waals surface area contributed by atoms with Crippen LogP contribution in [-0.4, -0.2) is 25.2 Å². The zero-order valence-corrected chi connectivity index (χ0v) is 18.1. The van der Waals surface area contributed by atoms with Crippen molar-refractivity contribution in [2.45, 2.75) is 66.7 Å². The Balaban J connectivity index is 3.09. The van der Waals surface area contributed by atoms with Crippen molar-refractivity contribution in [2.75, 3.05) is 18.9 Å². The number of esters is 2. The first-order valence-corrected chi connectivity index (χ1v) is 9.57. The maximum atomic E-state index is 14.0. The average Bonchev–Trinajstić information content (AvgIpc) is 2.53. The van der Waals surface area contributed by atoms with E-state index in [1.54, 1.807) is 0 Å². The van der Waals surface area contributed by atoms with Gasteiger partial charge in [-0.2, -0.15) is 0 Å². The highest BCUT2D eigenvalue weighted by molar-refractivity contribution is 6.06. The zero-order valence-electron chi connectivity index (χ0n) is 18.1. The summed E-state index contributed by atoms with van der Waals surface area (Å²) in [5.41, 5.74) is 3.79. The molecule has 0 aliphatic carbocycles. The third-order valence-corrected chi connectivity index (χ3v) is 4.56. The fourth-order valence-electron chi connectivity index (χ4n) is 2.35. The van der Waals surface area contributed by atoms with Crippen molar-refractivity contribution in [3.05, 3.63) is 29.6 Å². The molecule has 0 fully saturated rings. The van der Waals surface area contributed by atoms with E-state index in [9.17, 15) is 14.0 Å². The summed E-state index contributed by atoms with van der Waals surface area (Å²) < 4.78 is 24.8. The lowest BCUT2D eigenvalue weighted by Crippen LogP contribution is -2.44. The van der Waals surface area contributed by atoms with Crippen LogP contribution in [0.15, 0.2) is 18.2 Å². The summed E-state index contributed by atoms with van der Waals surface area (Å²) in [6, 6.07) is 3.87. The maximum absolute atomic E-state index is 14.0. The molecule has 0 bridgehead atoms. The highest BCUT2D eigenvalue weighted by atomic mass is 19.1. The Kier molecular flexibility index (Phi) is 7.63. The maximum Gasteiger partial charge on any atom is 0.327 e. The van der Waals surface area contributed by atoms with Gasteiger partial charge < -0.3 is 15.2 Å². The van der Waals surface area contributed by atoms with Gasteiger partial charge in [-0.25, -0.2) is 4.39 Å². The molecule has 158 valence electrons. The molecule has 0 aliphatic rings. The highest BCUT2D eigenvalue weighted by Gasteiger charge is 2.46. The summed E-state index contributed by atoms with van der Waals surface area (Å²) >= 11 is 0. The second-order valence-electron chi connectivity index (χ2n) is 9.75. The van der Waals surface area contributed by atoms with Crippen molar-refractivity contribution in [1.29, 1.82) is 0 Å². The van der Waals surface area contributed by atoms with E-state index in [1.165, 1.54) is 19.1 Å². The lowest BCUT2D eigenvalue weighted by Gasteiger charge is -2.28. The third-order valence-electron chi connectivity index (χ3n) is 4.56. The molecule has 0 saturated carbocycles. The molecule has 0 spiro atoms. The van der Waals surface area contributed by atoms with Gasteiger partial charge in [-0.05, 0) is 48.3 Å². The predicted octanol–water partition coefficient (Wildman–Crippen LogP) is 4.62. The molecule has 2 N–H and O–H groups in total. The van der Waals surface area contributed by atoms with Gasteiger partial charge in [-0.1, -0.05) is 47.6 Å². The SMILES string of the molecule is CC(C)(C)CCOC(=O)C(C)(C(=O)OCCC(C)(C)C)c1ccc(N)c(F)c1. The zero-order chi connectivity index (χ0) is 21.8. The molecule has 1 aromatic rings. The van der Waals surface area contributed by atoms with Crippen LogP contribution in [0.2, 0.25) is 0 Å². The van der Waals surface area contributed by atoms with Gasteiger partial charge >= 0.3 is 11.9 Å². The summed E-state index contributed by atoms with van der Waals surface area (Å²) in [5.74, 6) is -2.22. The summed E-state index contributed by atoms with van der Waals surface area (Å²) in [4.78, 5) is 25.7. The number of nitrogen functional groups attached to an aromatic ring is 1. The number of hydrogen-bond donors (Lipinski definition) is 1. The largest absolute Gasteiger partial charge is 0.465 e. The van der Waals surface area contributed by atoms with Gasteiger partial charge in [0.1, 0.15) is 5.82 Å². The van der Waals surface area contributed by atoms with E-state index in [2.05, 4.69) is 0 Å². The summed E-state index contributed by atoms with van der Waals surface area (Å²) in [5, 5.41) is 0. The fraction of sp³-hybridized carbons (Fsp3) is 0.636. The van der Waals surface area contributed by atoms with Crippen LogP contribution in [0.25, 0.3) is 0 Å². The van der Waals surface area contributed by atoms with Crippen LogP contribution in [-0.2, 0) is 24.5 Å². The molecule has 0 heterocycles. The van der Waals surface area contributed by atoms with Crippen molar-refractivity contribution in [1.82, 2.24) is 0 Å². The topological polar surface area (TPSA) is 78.6 Å². The van der Waals surface area contributed by atoms with Crippen LogP contribution >= 0.6 is 0 Å². The smallest absolute Gasteiger partial charge is 0.327 e. The molecule has 0 radical (unpaired) electrons. The first-order valence-electron chi connectivity index (χ1n) is 9.57. The Labute approximate surface area is 167 Å². The average molecular weight is 396 g/mol. The summed E-state index contributed by atoms with van der Waals surface area (Å²) in [6.45, 7) is 13.9. The van der Waals surface area contributed by atoms with Gasteiger partial charge in [0.05, 0.1) is 18.9 Å². The lowest BCUT2D eigenvalue weighted by molar-refractivity contribution is -0.165. The van der Waals surface area contributed by atoms with Crippen molar-refractivity contribution < 1.29 is 23.5 Å². The quantitative estimate of drug-likeness (QED) is 0.414. The predicted molar refractivity (Wildman–Crippen MR) is 108 cm³/mol. The van der Waals surface area contributed by atoms with Gasteiger partial charge in [0.25, 0.3) is 0 Å². The Morgan fingerprint density at radius 1 is 0.893 bits per heavy atom. The molecule has 0 aliphatic heterocycles. The number of hydrogen-bond acceptors (Lipinski definition) is 5. The second kappa shape index (κ2) is 8.93. The van der Waals surface area contributed by atoms with Crippen LogP contribution in [0.1, 0.15) is 66.9 Å². The number of nitrogens with two attached hydrogens (primary N) is 1. The van der Waals surface area contributed by atoms with Crippen molar-refractivity contribution in [2.24, 2.45) is 10.8 Å². The third kappa shape index (κ3) is 6.80. The summed E-state index contributed by atoms with van der Waals surface area (Å²) in [6.07, 6.45) is 1.26. The number of anilines is 1. The van der Waals surface area contributed by atoms with Crippen LogP contribution < -0.4 is 5.73 Å². The van der Waals surface area contributed by atoms with Crippen LogP contribution in [0.3, 0.4) is 0 Å². The van der Waals surface area contributed by atoms with Gasteiger partial charge in [0.15, 0.2) is 5.41 Å². The van der Waals surface area contributed by atoms with E-state index < -0.39 is 23.2 Å². The standard InChI is InChI=1S/C22H34FNO4/c1-20(2,3)10-12-27-18(25)22(7,15-8-9-17(24)16(23)14-15)19(26)28-13-11-21(4,5)6/h8-9,14H,10-13,24H2,1-7H3. The van der Waals surface area contributed by atoms with Crippen LogP contribution in [0.4, 0.5) is 10.1 Å². The van der Waals surface area contributed by atoms with E-state index in [4.69, 9.17) is 15.2 Å². The molecule has 0 aromatic heterocycles. The minimum Gasteiger partial charge on any atom is -0.465 e. The molecule has 5 nitrogen and oxygen atoms in total.